The Bertz CT molecular complexity index is 227. The number of hydrogen-bond donors (Lipinski definition) is 1. The van der Waals surface area contributed by atoms with Gasteiger partial charge in [-0.3, -0.25) is 0 Å². The van der Waals surface area contributed by atoms with Crippen molar-refractivity contribution in [1.29, 1.82) is 0 Å². The Morgan fingerprint density at radius 3 is 2.92 bits per heavy atom. The summed E-state index contributed by atoms with van der Waals surface area (Å²) in [5.41, 5.74) is 1.33. The highest BCUT2D eigenvalue weighted by molar-refractivity contribution is 7.03. The molecule has 2 rings (SSSR count). The summed E-state index contributed by atoms with van der Waals surface area (Å²) in [6.45, 7) is 1.00. The molecule has 0 aliphatic heterocycles. The molecule has 2 nitrogen and oxygen atoms in total. The lowest BCUT2D eigenvalue weighted by Gasteiger charge is -2.22. The van der Waals surface area contributed by atoms with Crippen LogP contribution in [-0.4, -0.2) is 10.4 Å². The molecule has 3 heteroatoms. The van der Waals surface area contributed by atoms with Crippen molar-refractivity contribution in [2.24, 2.45) is 0 Å². The van der Waals surface area contributed by atoms with Crippen LogP contribution in [0.2, 0.25) is 0 Å². The highest BCUT2D eigenvalue weighted by Gasteiger charge is 2.12. The Morgan fingerprint density at radius 1 is 1.38 bits per heavy atom. The van der Waals surface area contributed by atoms with Gasteiger partial charge in [0.2, 0.25) is 0 Å². The molecule has 1 heterocycles. The fraction of sp³-hybridized carbons (Fsp3) is 0.700. The normalized spacial score (nSPS) is 19.1. The number of hydrogen-bond acceptors (Lipinski definition) is 3. The van der Waals surface area contributed by atoms with Crippen LogP contribution >= 0.6 is 11.5 Å². The molecule has 0 aromatic carbocycles. The van der Waals surface area contributed by atoms with E-state index in [0.29, 0.717) is 0 Å². The minimum atomic E-state index is 0.758. The highest BCUT2D eigenvalue weighted by Crippen LogP contribution is 2.17. The summed E-state index contributed by atoms with van der Waals surface area (Å²) in [6.07, 6.45) is 8.91. The van der Waals surface area contributed by atoms with Gasteiger partial charge in [0.1, 0.15) is 0 Å². The van der Waals surface area contributed by atoms with Crippen LogP contribution in [0.15, 0.2) is 11.6 Å². The smallest absolute Gasteiger partial charge is 0.0451 e. The molecule has 1 aliphatic rings. The lowest BCUT2D eigenvalue weighted by Crippen LogP contribution is -2.30. The predicted octanol–water partition coefficient (Wildman–Crippen LogP) is 2.57. The Balaban J connectivity index is 1.72. The molecule has 1 aromatic rings. The third kappa shape index (κ3) is 2.78. The van der Waals surface area contributed by atoms with Gasteiger partial charge in [-0.2, -0.15) is 0 Å². The van der Waals surface area contributed by atoms with Crippen molar-refractivity contribution in [1.82, 2.24) is 9.69 Å². The maximum absolute atomic E-state index is 4.09. The van der Waals surface area contributed by atoms with Crippen molar-refractivity contribution < 1.29 is 0 Å². The fourth-order valence-electron chi connectivity index (χ4n) is 1.88. The Morgan fingerprint density at radius 2 is 2.23 bits per heavy atom. The topological polar surface area (TPSA) is 24.9 Å². The van der Waals surface area contributed by atoms with Gasteiger partial charge in [0.15, 0.2) is 0 Å². The largest absolute Gasteiger partial charge is 0.310 e. The first-order valence-corrected chi connectivity index (χ1v) is 5.90. The van der Waals surface area contributed by atoms with E-state index in [1.807, 2.05) is 6.20 Å². The van der Waals surface area contributed by atoms with E-state index in [2.05, 4.69) is 15.1 Å². The van der Waals surface area contributed by atoms with E-state index >= 15 is 0 Å². The molecular weight excluding hydrogens is 180 g/mol. The van der Waals surface area contributed by atoms with Gasteiger partial charge in [0, 0.05) is 24.2 Å². The van der Waals surface area contributed by atoms with Crippen molar-refractivity contribution in [2.75, 3.05) is 0 Å². The van der Waals surface area contributed by atoms with E-state index in [1.54, 1.807) is 0 Å². The zero-order valence-corrected chi connectivity index (χ0v) is 8.65. The van der Waals surface area contributed by atoms with E-state index < -0.39 is 0 Å². The molecule has 13 heavy (non-hydrogen) atoms. The zero-order valence-electron chi connectivity index (χ0n) is 7.83. The summed E-state index contributed by atoms with van der Waals surface area (Å²) in [7, 11) is 0. The Labute approximate surface area is 83.5 Å². The minimum Gasteiger partial charge on any atom is -0.310 e. The molecule has 1 fully saturated rings. The van der Waals surface area contributed by atoms with Gasteiger partial charge in [-0.05, 0) is 29.9 Å². The number of nitrogens with one attached hydrogen (secondary N) is 1. The minimum absolute atomic E-state index is 0.758. The van der Waals surface area contributed by atoms with Crippen molar-refractivity contribution in [3.05, 3.63) is 17.1 Å². The van der Waals surface area contributed by atoms with Crippen LogP contribution in [0.25, 0.3) is 0 Å². The first kappa shape index (κ1) is 9.16. The maximum Gasteiger partial charge on any atom is 0.0451 e. The van der Waals surface area contributed by atoms with E-state index in [1.165, 1.54) is 49.2 Å². The maximum atomic E-state index is 4.09. The Kier molecular flexibility index (Phi) is 3.33. The molecule has 1 N–H and O–H groups in total. The summed E-state index contributed by atoms with van der Waals surface area (Å²) in [4.78, 5) is 0. The molecule has 1 aliphatic carbocycles. The third-order valence-corrected chi connectivity index (χ3v) is 3.32. The quantitative estimate of drug-likeness (QED) is 0.803. The predicted molar refractivity (Wildman–Crippen MR) is 55.8 cm³/mol. The molecule has 0 unspecified atom stereocenters. The average molecular weight is 196 g/mol. The highest BCUT2D eigenvalue weighted by atomic mass is 32.1. The lowest BCUT2D eigenvalue weighted by atomic mass is 9.95. The standard InChI is InChI=1S/C10H16N2S/c1-2-4-10(5-3-1)11-6-9-7-12-13-8-9/h7-8,10-11H,1-6H2. The van der Waals surface area contributed by atoms with Crippen molar-refractivity contribution in [3.63, 3.8) is 0 Å². The fourth-order valence-corrected chi connectivity index (χ4v) is 2.42. The van der Waals surface area contributed by atoms with Gasteiger partial charge >= 0.3 is 0 Å². The summed E-state index contributed by atoms with van der Waals surface area (Å²) in [5.74, 6) is 0. The molecule has 0 amide bonds. The third-order valence-electron chi connectivity index (χ3n) is 2.68. The first-order valence-electron chi connectivity index (χ1n) is 5.07. The van der Waals surface area contributed by atoms with Gasteiger partial charge < -0.3 is 5.32 Å². The molecular formula is C10H16N2S. The lowest BCUT2D eigenvalue weighted by molar-refractivity contribution is 0.372. The van der Waals surface area contributed by atoms with Gasteiger partial charge in [0.25, 0.3) is 0 Å². The van der Waals surface area contributed by atoms with E-state index in [4.69, 9.17) is 0 Å². The zero-order chi connectivity index (χ0) is 8.93. The van der Waals surface area contributed by atoms with Crippen molar-refractivity contribution in [2.45, 2.75) is 44.7 Å². The number of nitrogens with zero attached hydrogens (tertiary/aromatic N) is 1. The molecule has 1 saturated carbocycles. The van der Waals surface area contributed by atoms with E-state index in [0.717, 1.165) is 12.6 Å². The molecule has 1 aromatic heterocycles. The molecule has 0 bridgehead atoms. The number of aromatic nitrogens is 1. The second-order valence-electron chi connectivity index (χ2n) is 3.75. The van der Waals surface area contributed by atoms with Gasteiger partial charge in [-0.25, -0.2) is 4.37 Å². The van der Waals surface area contributed by atoms with Crippen LogP contribution in [0.3, 0.4) is 0 Å². The molecule has 0 atom stereocenters. The first-order chi connectivity index (χ1) is 6.45. The van der Waals surface area contributed by atoms with Crippen LogP contribution < -0.4 is 5.32 Å². The van der Waals surface area contributed by atoms with Crippen LogP contribution in [0.4, 0.5) is 0 Å². The summed E-state index contributed by atoms with van der Waals surface area (Å²) >= 11 is 1.54. The van der Waals surface area contributed by atoms with Crippen molar-refractivity contribution >= 4 is 11.5 Å². The molecule has 0 radical (unpaired) electrons. The van der Waals surface area contributed by atoms with Gasteiger partial charge in [-0.15, -0.1) is 0 Å². The monoisotopic (exact) mass is 196 g/mol. The van der Waals surface area contributed by atoms with Gasteiger partial charge in [-0.1, -0.05) is 19.3 Å². The van der Waals surface area contributed by atoms with Crippen molar-refractivity contribution in [3.8, 4) is 0 Å². The summed E-state index contributed by atoms with van der Waals surface area (Å²) in [6, 6.07) is 0.758. The Hall–Kier alpha value is -0.410. The van der Waals surface area contributed by atoms with E-state index in [-0.39, 0.29) is 0 Å². The summed E-state index contributed by atoms with van der Waals surface area (Å²) < 4.78 is 4.09. The number of rotatable bonds is 3. The van der Waals surface area contributed by atoms with Gasteiger partial charge in [0.05, 0.1) is 0 Å². The van der Waals surface area contributed by atoms with Crippen LogP contribution in [-0.2, 0) is 6.54 Å². The SMILES string of the molecule is c1nscc1CNC1CCCCC1. The summed E-state index contributed by atoms with van der Waals surface area (Å²) in [5, 5.41) is 5.71. The van der Waals surface area contributed by atoms with Crippen LogP contribution in [0.1, 0.15) is 37.7 Å². The average Bonchev–Trinajstić information content (AvgIpc) is 2.69. The van der Waals surface area contributed by atoms with Crippen LogP contribution in [0, 0.1) is 0 Å². The second kappa shape index (κ2) is 4.72. The molecule has 0 saturated heterocycles. The molecule has 0 spiro atoms. The second-order valence-corrected chi connectivity index (χ2v) is 4.41. The molecule has 72 valence electrons. The van der Waals surface area contributed by atoms with Crippen LogP contribution in [0.5, 0.6) is 0 Å². The van der Waals surface area contributed by atoms with E-state index in [9.17, 15) is 0 Å².